The number of likely N-dealkylation sites (tertiary alicyclic amines) is 1. The summed E-state index contributed by atoms with van der Waals surface area (Å²) in [5.74, 6) is 0. The van der Waals surface area contributed by atoms with Crippen molar-refractivity contribution in [1.82, 2.24) is 4.90 Å². The largest absolute Gasteiger partial charge is 0.389 e. The van der Waals surface area contributed by atoms with Crippen LogP contribution >= 0.6 is 12.2 Å². The molecular formula is C4H8N2OS. The SMILES string of the molecule is NC(=S)N1CC(O)C1. The van der Waals surface area contributed by atoms with Gasteiger partial charge in [0.25, 0.3) is 0 Å². The molecule has 0 aromatic rings. The molecule has 0 aliphatic carbocycles. The monoisotopic (exact) mass is 132 g/mol. The Morgan fingerprint density at radius 3 is 2.38 bits per heavy atom. The number of hydrogen-bond acceptors (Lipinski definition) is 2. The van der Waals surface area contributed by atoms with Crippen LogP contribution in [0.25, 0.3) is 0 Å². The van der Waals surface area contributed by atoms with Gasteiger partial charge in [0, 0.05) is 13.1 Å². The standard InChI is InChI=1S/C4H8N2OS/c5-4(8)6-1-3(7)2-6/h3,7H,1-2H2,(H2,5,8). The van der Waals surface area contributed by atoms with E-state index in [0.717, 1.165) is 0 Å². The number of aliphatic hydroxyl groups excluding tert-OH is 1. The summed E-state index contributed by atoms with van der Waals surface area (Å²) in [6, 6.07) is 0. The normalized spacial score (nSPS) is 20.4. The molecule has 1 aliphatic rings. The number of nitrogens with two attached hydrogens (primary N) is 1. The Hall–Kier alpha value is -0.350. The number of nitrogens with zero attached hydrogens (tertiary/aromatic N) is 1. The van der Waals surface area contributed by atoms with Crippen molar-refractivity contribution in [2.45, 2.75) is 6.10 Å². The van der Waals surface area contributed by atoms with Gasteiger partial charge in [-0.15, -0.1) is 0 Å². The highest BCUT2D eigenvalue weighted by molar-refractivity contribution is 7.80. The van der Waals surface area contributed by atoms with Crippen LogP contribution in [0.1, 0.15) is 0 Å². The Labute approximate surface area is 53.1 Å². The highest BCUT2D eigenvalue weighted by atomic mass is 32.1. The van der Waals surface area contributed by atoms with E-state index in [9.17, 15) is 0 Å². The molecule has 1 saturated heterocycles. The van der Waals surface area contributed by atoms with Crippen LogP contribution in [0, 0.1) is 0 Å². The number of hydrogen-bond donors (Lipinski definition) is 2. The maximum Gasteiger partial charge on any atom is 0.166 e. The quantitative estimate of drug-likeness (QED) is 0.411. The summed E-state index contributed by atoms with van der Waals surface area (Å²) in [6.45, 7) is 1.21. The average Bonchev–Trinajstić information content (AvgIpc) is 1.57. The van der Waals surface area contributed by atoms with Crippen molar-refractivity contribution in [3.63, 3.8) is 0 Å². The fourth-order valence-corrected chi connectivity index (χ4v) is 0.784. The molecule has 0 amide bonds. The van der Waals surface area contributed by atoms with E-state index < -0.39 is 0 Å². The average molecular weight is 132 g/mol. The summed E-state index contributed by atoms with van der Waals surface area (Å²) in [6.07, 6.45) is -0.212. The molecule has 0 saturated carbocycles. The molecule has 0 atom stereocenters. The van der Waals surface area contributed by atoms with E-state index in [-0.39, 0.29) is 6.10 Å². The fourth-order valence-electron chi connectivity index (χ4n) is 0.635. The molecule has 3 N–H and O–H groups in total. The summed E-state index contributed by atoms with van der Waals surface area (Å²) in [5.41, 5.74) is 5.21. The predicted octanol–water partition coefficient (Wildman–Crippen LogP) is -1.09. The van der Waals surface area contributed by atoms with Gasteiger partial charge in [0.2, 0.25) is 0 Å². The van der Waals surface area contributed by atoms with E-state index in [1.807, 2.05) is 0 Å². The van der Waals surface area contributed by atoms with Crippen LogP contribution in [0.3, 0.4) is 0 Å². The van der Waals surface area contributed by atoms with E-state index in [2.05, 4.69) is 12.2 Å². The second kappa shape index (κ2) is 1.87. The molecule has 0 radical (unpaired) electrons. The van der Waals surface area contributed by atoms with Gasteiger partial charge in [-0.05, 0) is 12.2 Å². The van der Waals surface area contributed by atoms with Crippen molar-refractivity contribution < 1.29 is 5.11 Å². The topological polar surface area (TPSA) is 49.5 Å². The van der Waals surface area contributed by atoms with Crippen LogP contribution in [0.15, 0.2) is 0 Å². The summed E-state index contributed by atoms with van der Waals surface area (Å²) < 4.78 is 0. The third kappa shape index (κ3) is 0.900. The number of rotatable bonds is 0. The Balaban J connectivity index is 2.25. The van der Waals surface area contributed by atoms with Gasteiger partial charge >= 0.3 is 0 Å². The molecule has 0 aromatic carbocycles. The summed E-state index contributed by atoms with van der Waals surface area (Å²) >= 11 is 4.61. The Kier molecular flexibility index (Phi) is 1.35. The zero-order chi connectivity index (χ0) is 6.15. The lowest BCUT2D eigenvalue weighted by Gasteiger charge is -2.36. The Bertz CT molecular complexity index is 111. The smallest absolute Gasteiger partial charge is 0.166 e. The van der Waals surface area contributed by atoms with Crippen molar-refractivity contribution >= 4 is 17.3 Å². The number of aliphatic hydroxyl groups is 1. The zero-order valence-electron chi connectivity index (χ0n) is 4.37. The first-order chi connectivity index (χ1) is 3.70. The molecule has 1 fully saturated rings. The van der Waals surface area contributed by atoms with E-state index in [0.29, 0.717) is 18.2 Å². The van der Waals surface area contributed by atoms with Gasteiger partial charge in [0.05, 0.1) is 6.10 Å². The Morgan fingerprint density at radius 2 is 2.25 bits per heavy atom. The molecule has 0 unspecified atom stereocenters. The van der Waals surface area contributed by atoms with Gasteiger partial charge in [-0.25, -0.2) is 0 Å². The minimum Gasteiger partial charge on any atom is -0.389 e. The fraction of sp³-hybridized carbons (Fsp3) is 0.750. The molecule has 0 spiro atoms. The van der Waals surface area contributed by atoms with E-state index in [4.69, 9.17) is 10.8 Å². The van der Waals surface area contributed by atoms with Gasteiger partial charge in [-0.2, -0.15) is 0 Å². The minimum absolute atomic E-state index is 0.212. The van der Waals surface area contributed by atoms with Crippen LogP contribution in [0.2, 0.25) is 0 Å². The van der Waals surface area contributed by atoms with Crippen molar-refractivity contribution in [2.75, 3.05) is 13.1 Å². The molecule has 1 heterocycles. The molecule has 3 nitrogen and oxygen atoms in total. The molecule has 0 aromatic heterocycles. The molecule has 46 valence electrons. The molecule has 1 aliphatic heterocycles. The maximum atomic E-state index is 8.71. The van der Waals surface area contributed by atoms with Crippen LogP contribution < -0.4 is 5.73 Å². The van der Waals surface area contributed by atoms with Crippen LogP contribution in [-0.4, -0.2) is 34.3 Å². The van der Waals surface area contributed by atoms with E-state index >= 15 is 0 Å². The summed E-state index contributed by atoms with van der Waals surface area (Å²) in [4.78, 5) is 1.75. The van der Waals surface area contributed by atoms with Gasteiger partial charge in [0.15, 0.2) is 5.11 Å². The van der Waals surface area contributed by atoms with Crippen molar-refractivity contribution in [3.05, 3.63) is 0 Å². The van der Waals surface area contributed by atoms with Crippen LogP contribution in [-0.2, 0) is 0 Å². The highest BCUT2D eigenvalue weighted by Gasteiger charge is 2.24. The molecule has 1 rings (SSSR count). The molecular weight excluding hydrogens is 124 g/mol. The van der Waals surface area contributed by atoms with Crippen molar-refractivity contribution in [3.8, 4) is 0 Å². The van der Waals surface area contributed by atoms with Gasteiger partial charge < -0.3 is 15.7 Å². The molecule has 8 heavy (non-hydrogen) atoms. The predicted molar refractivity (Wildman–Crippen MR) is 34.4 cm³/mol. The van der Waals surface area contributed by atoms with Crippen molar-refractivity contribution in [2.24, 2.45) is 5.73 Å². The second-order valence-corrected chi connectivity index (χ2v) is 2.32. The van der Waals surface area contributed by atoms with Crippen LogP contribution in [0.5, 0.6) is 0 Å². The number of β-amino-alcohol motifs (C(OH)–C–C–N with tert-alkyl or cyclic N) is 1. The molecule has 4 heteroatoms. The van der Waals surface area contributed by atoms with Gasteiger partial charge in [-0.3, -0.25) is 0 Å². The van der Waals surface area contributed by atoms with Crippen molar-refractivity contribution in [1.29, 1.82) is 0 Å². The third-order valence-electron chi connectivity index (χ3n) is 1.17. The second-order valence-electron chi connectivity index (χ2n) is 1.90. The van der Waals surface area contributed by atoms with Crippen LogP contribution in [0.4, 0.5) is 0 Å². The van der Waals surface area contributed by atoms with E-state index in [1.54, 1.807) is 4.90 Å². The van der Waals surface area contributed by atoms with Gasteiger partial charge in [0.1, 0.15) is 0 Å². The summed E-state index contributed by atoms with van der Waals surface area (Å²) in [7, 11) is 0. The van der Waals surface area contributed by atoms with E-state index in [1.165, 1.54) is 0 Å². The first kappa shape index (κ1) is 5.78. The van der Waals surface area contributed by atoms with Gasteiger partial charge in [-0.1, -0.05) is 0 Å². The third-order valence-corrected chi connectivity index (χ3v) is 1.43. The lowest BCUT2D eigenvalue weighted by Crippen LogP contribution is -2.55. The molecule has 0 bridgehead atoms. The lowest BCUT2D eigenvalue weighted by molar-refractivity contribution is 0.0475. The zero-order valence-corrected chi connectivity index (χ0v) is 5.19. The first-order valence-corrected chi connectivity index (χ1v) is 2.83. The lowest BCUT2D eigenvalue weighted by atomic mass is 10.2. The summed E-state index contributed by atoms with van der Waals surface area (Å²) in [5, 5.41) is 9.09. The minimum atomic E-state index is -0.212. The maximum absolute atomic E-state index is 8.71. The Morgan fingerprint density at radius 1 is 1.75 bits per heavy atom. The first-order valence-electron chi connectivity index (χ1n) is 2.42. The number of thiocarbonyl (C=S) groups is 1. The highest BCUT2D eigenvalue weighted by Crippen LogP contribution is 2.04.